The molecule has 0 saturated carbocycles. The van der Waals surface area contributed by atoms with Crippen LogP contribution in [0.15, 0.2) is 35.2 Å². The number of thiophene rings is 1. The second-order valence-electron chi connectivity index (χ2n) is 6.53. The summed E-state index contributed by atoms with van der Waals surface area (Å²) in [6, 6.07) is 4.75. The number of carbonyl (C=O) groups is 2. The molecule has 146 valence electrons. The minimum atomic E-state index is -0.557. The van der Waals surface area contributed by atoms with Gasteiger partial charge in [0, 0.05) is 24.0 Å². The van der Waals surface area contributed by atoms with Gasteiger partial charge in [-0.15, -0.1) is 0 Å². The first-order valence-electron chi connectivity index (χ1n) is 8.90. The van der Waals surface area contributed by atoms with Gasteiger partial charge in [-0.1, -0.05) is 15.9 Å². The highest BCUT2D eigenvalue weighted by Gasteiger charge is 2.39. The summed E-state index contributed by atoms with van der Waals surface area (Å²) in [5, 5.41) is 7.73. The van der Waals surface area contributed by atoms with Crippen molar-refractivity contribution in [3.05, 3.63) is 46.3 Å². The number of nitrogens with one attached hydrogen (secondary N) is 1. The normalized spacial score (nSPS) is 18.1. The molecule has 3 heterocycles. The van der Waals surface area contributed by atoms with E-state index >= 15 is 0 Å². The molecule has 28 heavy (non-hydrogen) atoms. The maximum absolute atomic E-state index is 13.2. The molecule has 0 bridgehead atoms. The first-order chi connectivity index (χ1) is 13.6. The number of hydrogen-bond acceptors (Lipinski definition) is 5. The van der Waals surface area contributed by atoms with E-state index in [1.807, 2.05) is 16.8 Å². The molecule has 1 aromatic carbocycles. The Labute approximate surface area is 175 Å². The Morgan fingerprint density at radius 1 is 1.32 bits per heavy atom. The Balaban J connectivity index is 1.70. The molecule has 0 fully saturated rings. The standard InChI is InChI=1S/C20H19BrN2O4S/c1-26-17-8-14-15(9-18(17)27-5-2-4-21)22-19(24)16-7-13(10-23(16)20(14)25)12-3-6-28-11-12/h3,6,8-11,16H,2,4-5,7H2,1H3,(H,22,24). The van der Waals surface area contributed by atoms with Crippen molar-refractivity contribution in [1.82, 2.24) is 4.90 Å². The van der Waals surface area contributed by atoms with E-state index in [1.54, 1.807) is 29.7 Å². The zero-order valence-electron chi connectivity index (χ0n) is 15.2. The van der Waals surface area contributed by atoms with Gasteiger partial charge in [0.05, 0.1) is 25.0 Å². The Morgan fingerprint density at radius 2 is 2.18 bits per heavy atom. The van der Waals surface area contributed by atoms with Crippen LogP contribution in [0.3, 0.4) is 0 Å². The minimum Gasteiger partial charge on any atom is -0.493 e. The maximum atomic E-state index is 13.2. The molecule has 1 atom stereocenters. The molecule has 0 aliphatic carbocycles. The first kappa shape index (κ1) is 19.0. The van der Waals surface area contributed by atoms with Gasteiger partial charge in [-0.3, -0.25) is 9.59 Å². The van der Waals surface area contributed by atoms with Crippen molar-refractivity contribution in [2.24, 2.45) is 0 Å². The fourth-order valence-electron chi connectivity index (χ4n) is 3.38. The second kappa shape index (κ2) is 7.97. The Kier molecular flexibility index (Phi) is 5.41. The van der Waals surface area contributed by atoms with Crippen molar-refractivity contribution < 1.29 is 19.1 Å². The van der Waals surface area contributed by atoms with E-state index in [1.165, 1.54) is 12.0 Å². The van der Waals surface area contributed by atoms with E-state index in [2.05, 4.69) is 21.2 Å². The lowest BCUT2D eigenvalue weighted by molar-refractivity contribution is -0.119. The predicted molar refractivity (Wildman–Crippen MR) is 112 cm³/mol. The SMILES string of the molecule is COc1cc2c(cc1OCCCBr)NC(=O)C1CC(c3ccsc3)=CN1C2=O. The molecule has 1 aromatic heterocycles. The van der Waals surface area contributed by atoms with Crippen molar-refractivity contribution in [3.8, 4) is 11.5 Å². The molecule has 6 nitrogen and oxygen atoms in total. The van der Waals surface area contributed by atoms with E-state index in [0.29, 0.717) is 35.8 Å². The van der Waals surface area contributed by atoms with Gasteiger partial charge in [0.2, 0.25) is 5.91 Å². The van der Waals surface area contributed by atoms with E-state index in [-0.39, 0.29) is 11.8 Å². The van der Waals surface area contributed by atoms with Gasteiger partial charge < -0.3 is 19.7 Å². The summed E-state index contributed by atoms with van der Waals surface area (Å²) >= 11 is 4.96. The third-order valence-corrected chi connectivity index (χ3v) is 6.04. The van der Waals surface area contributed by atoms with Crippen molar-refractivity contribution >= 4 is 50.3 Å². The number of hydrogen-bond donors (Lipinski definition) is 1. The Hall–Kier alpha value is -2.32. The second-order valence-corrected chi connectivity index (χ2v) is 8.10. The number of amides is 2. The average molecular weight is 463 g/mol. The number of alkyl halides is 1. The number of anilines is 1. The number of benzene rings is 1. The number of nitrogens with zero attached hydrogens (tertiary/aromatic N) is 1. The van der Waals surface area contributed by atoms with Crippen LogP contribution in [0.1, 0.15) is 28.8 Å². The quantitative estimate of drug-likeness (QED) is 0.517. The molecular formula is C20H19BrN2O4S. The molecule has 2 amide bonds. The van der Waals surface area contributed by atoms with Crippen LogP contribution in [-0.4, -0.2) is 41.8 Å². The molecular weight excluding hydrogens is 444 g/mol. The fraction of sp³-hybridized carbons (Fsp3) is 0.300. The van der Waals surface area contributed by atoms with Crippen molar-refractivity contribution in [2.75, 3.05) is 24.4 Å². The van der Waals surface area contributed by atoms with E-state index in [4.69, 9.17) is 9.47 Å². The first-order valence-corrected chi connectivity index (χ1v) is 11.0. The minimum absolute atomic E-state index is 0.204. The predicted octanol–water partition coefficient (Wildman–Crippen LogP) is 4.13. The third-order valence-electron chi connectivity index (χ3n) is 4.80. The summed E-state index contributed by atoms with van der Waals surface area (Å²) in [5.74, 6) is 0.543. The smallest absolute Gasteiger partial charge is 0.260 e. The molecule has 8 heteroatoms. The highest BCUT2D eigenvalue weighted by Crippen LogP contribution is 2.39. The molecule has 0 radical (unpaired) electrons. The van der Waals surface area contributed by atoms with Gasteiger partial charge in [0.25, 0.3) is 5.91 Å². The Morgan fingerprint density at radius 3 is 2.89 bits per heavy atom. The van der Waals surface area contributed by atoms with Gasteiger partial charge in [-0.25, -0.2) is 0 Å². The van der Waals surface area contributed by atoms with Gasteiger partial charge in [0.1, 0.15) is 6.04 Å². The molecule has 0 spiro atoms. The van der Waals surface area contributed by atoms with Crippen LogP contribution in [0, 0.1) is 0 Å². The summed E-state index contributed by atoms with van der Waals surface area (Å²) in [6.45, 7) is 0.504. The van der Waals surface area contributed by atoms with Crippen LogP contribution in [-0.2, 0) is 4.79 Å². The lowest BCUT2D eigenvalue weighted by atomic mass is 10.1. The summed E-state index contributed by atoms with van der Waals surface area (Å²) in [5.41, 5.74) is 2.87. The van der Waals surface area contributed by atoms with Gasteiger partial charge in [-0.05, 0) is 40.5 Å². The molecule has 2 aliphatic heterocycles. The molecule has 2 aliphatic rings. The van der Waals surface area contributed by atoms with Crippen molar-refractivity contribution in [1.29, 1.82) is 0 Å². The van der Waals surface area contributed by atoms with E-state index in [0.717, 1.165) is 22.9 Å². The topological polar surface area (TPSA) is 67.9 Å². The van der Waals surface area contributed by atoms with Gasteiger partial charge >= 0.3 is 0 Å². The summed E-state index contributed by atoms with van der Waals surface area (Å²) < 4.78 is 11.2. The highest BCUT2D eigenvalue weighted by molar-refractivity contribution is 9.09. The number of halogens is 1. The number of fused-ring (bicyclic) bond motifs is 2. The number of ether oxygens (including phenoxy) is 2. The van der Waals surface area contributed by atoms with E-state index in [9.17, 15) is 9.59 Å². The lowest BCUT2D eigenvalue weighted by Crippen LogP contribution is -2.38. The Bertz CT molecular complexity index is 942. The van der Waals surface area contributed by atoms with Crippen molar-refractivity contribution in [2.45, 2.75) is 18.9 Å². The maximum Gasteiger partial charge on any atom is 0.260 e. The van der Waals surface area contributed by atoms with Crippen LogP contribution < -0.4 is 14.8 Å². The lowest BCUT2D eigenvalue weighted by Gasteiger charge is -2.18. The van der Waals surface area contributed by atoms with Crippen molar-refractivity contribution in [3.63, 3.8) is 0 Å². The number of carbonyl (C=O) groups excluding carboxylic acids is 2. The van der Waals surface area contributed by atoms with Crippen LogP contribution in [0.25, 0.3) is 5.57 Å². The highest BCUT2D eigenvalue weighted by atomic mass is 79.9. The van der Waals surface area contributed by atoms with Gasteiger partial charge in [-0.2, -0.15) is 11.3 Å². The molecule has 1 unspecified atom stereocenters. The third kappa shape index (κ3) is 3.42. The van der Waals surface area contributed by atoms with Crippen LogP contribution >= 0.6 is 27.3 Å². The largest absolute Gasteiger partial charge is 0.493 e. The number of rotatable bonds is 6. The van der Waals surface area contributed by atoms with E-state index < -0.39 is 6.04 Å². The molecule has 1 N–H and O–H groups in total. The van der Waals surface area contributed by atoms with Crippen LogP contribution in [0.2, 0.25) is 0 Å². The summed E-state index contributed by atoms with van der Waals surface area (Å²) in [4.78, 5) is 27.6. The zero-order chi connectivity index (χ0) is 19.7. The molecule has 4 rings (SSSR count). The van der Waals surface area contributed by atoms with Crippen LogP contribution in [0.5, 0.6) is 11.5 Å². The van der Waals surface area contributed by atoms with Gasteiger partial charge in [0.15, 0.2) is 11.5 Å². The molecule has 0 saturated heterocycles. The fourth-order valence-corrected chi connectivity index (χ4v) is 4.29. The summed E-state index contributed by atoms with van der Waals surface area (Å²) in [6.07, 6.45) is 3.11. The summed E-state index contributed by atoms with van der Waals surface area (Å²) in [7, 11) is 1.53. The zero-order valence-corrected chi connectivity index (χ0v) is 17.6. The number of methoxy groups -OCH3 is 1. The molecule has 2 aromatic rings. The monoisotopic (exact) mass is 462 g/mol. The van der Waals surface area contributed by atoms with Crippen LogP contribution in [0.4, 0.5) is 5.69 Å². The average Bonchev–Trinajstić information content (AvgIpc) is 3.36.